The molecule has 188 valence electrons. The number of aromatic nitrogens is 2. The van der Waals surface area contributed by atoms with Gasteiger partial charge in [-0.1, -0.05) is 42.6 Å². The maximum atomic E-state index is 13.5. The summed E-state index contributed by atoms with van der Waals surface area (Å²) in [4.78, 5) is 4.00. The standard InChI is InChI=1S/C24H26F3N3O4S/c1-33-20-11-5-7-17(15-20)23-28-22(34-29-23)13-14-30(19-9-3-2-4-10-19)35(31,32)21-12-6-8-18(16-21)24(25,26)27/h5-8,11-12,15-16,19H,2-4,9-10,13-14H2,1H3. The zero-order chi connectivity index (χ0) is 25.1. The van der Waals surface area contributed by atoms with Crippen molar-refractivity contribution in [3.05, 3.63) is 60.0 Å². The first-order valence-electron chi connectivity index (χ1n) is 11.3. The van der Waals surface area contributed by atoms with Gasteiger partial charge >= 0.3 is 6.18 Å². The summed E-state index contributed by atoms with van der Waals surface area (Å²) in [5.41, 5.74) is -0.318. The molecule has 4 rings (SSSR count). The largest absolute Gasteiger partial charge is 0.497 e. The zero-order valence-corrected chi connectivity index (χ0v) is 20.0. The Hall–Kier alpha value is -2.92. The van der Waals surface area contributed by atoms with Gasteiger partial charge in [-0.05, 0) is 43.2 Å². The first-order valence-corrected chi connectivity index (χ1v) is 12.8. The van der Waals surface area contributed by atoms with Crippen LogP contribution in [0.1, 0.15) is 43.6 Å². The minimum Gasteiger partial charge on any atom is -0.497 e. The molecule has 1 saturated carbocycles. The molecule has 3 aromatic rings. The van der Waals surface area contributed by atoms with Crippen molar-refractivity contribution in [3.8, 4) is 17.1 Å². The van der Waals surface area contributed by atoms with Crippen molar-refractivity contribution < 1.29 is 30.8 Å². The Bertz CT molecular complexity index is 1250. The number of methoxy groups -OCH3 is 1. The van der Waals surface area contributed by atoms with E-state index in [4.69, 9.17) is 9.26 Å². The highest BCUT2D eigenvalue weighted by Gasteiger charge is 2.35. The molecule has 1 aliphatic carbocycles. The van der Waals surface area contributed by atoms with Gasteiger partial charge in [0, 0.05) is 24.6 Å². The van der Waals surface area contributed by atoms with Gasteiger partial charge in [-0.15, -0.1) is 0 Å². The lowest BCUT2D eigenvalue weighted by Gasteiger charge is -2.33. The molecule has 2 aromatic carbocycles. The monoisotopic (exact) mass is 509 g/mol. The third-order valence-corrected chi connectivity index (χ3v) is 8.04. The van der Waals surface area contributed by atoms with Crippen molar-refractivity contribution >= 4 is 10.0 Å². The number of rotatable bonds is 8. The second-order valence-corrected chi connectivity index (χ2v) is 10.3. The molecule has 35 heavy (non-hydrogen) atoms. The van der Waals surface area contributed by atoms with Gasteiger partial charge in [0.1, 0.15) is 5.75 Å². The Labute approximate surface area is 202 Å². The van der Waals surface area contributed by atoms with Crippen LogP contribution < -0.4 is 4.74 Å². The number of benzene rings is 2. The molecule has 0 amide bonds. The van der Waals surface area contributed by atoms with Gasteiger partial charge in [0.25, 0.3) is 0 Å². The minimum atomic E-state index is -4.64. The highest BCUT2D eigenvalue weighted by molar-refractivity contribution is 7.89. The van der Waals surface area contributed by atoms with Gasteiger partial charge < -0.3 is 9.26 Å². The fourth-order valence-electron chi connectivity index (χ4n) is 4.28. The molecule has 11 heteroatoms. The Morgan fingerprint density at radius 2 is 1.83 bits per heavy atom. The predicted octanol–water partition coefficient (Wildman–Crippen LogP) is 5.33. The molecule has 0 unspecified atom stereocenters. The molecule has 7 nitrogen and oxygen atoms in total. The maximum absolute atomic E-state index is 13.5. The van der Waals surface area contributed by atoms with Crippen LogP contribution in [0.3, 0.4) is 0 Å². The smallest absolute Gasteiger partial charge is 0.416 e. The summed E-state index contributed by atoms with van der Waals surface area (Å²) in [5.74, 6) is 1.20. The Morgan fingerprint density at radius 3 is 2.54 bits per heavy atom. The number of hydrogen-bond acceptors (Lipinski definition) is 6. The molecule has 0 N–H and O–H groups in total. The van der Waals surface area contributed by atoms with Crippen LogP contribution >= 0.6 is 0 Å². The third-order valence-electron chi connectivity index (χ3n) is 6.09. The molecule has 1 fully saturated rings. The van der Waals surface area contributed by atoms with Crippen molar-refractivity contribution in [2.24, 2.45) is 0 Å². The molecule has 0 aliphatic heterocycles. The zero-order valence-electron chi connectivity index (χ0n) is 19.2. The second kappa shape index (κ2) is 10.4. The van der Waals surface area contributed by atoms with Crippen LogP contribution in [-0.2, 0) is 22.6 Å². The molecule has 0 saturated heterocycles. The van der Waals surface area contributed by atoms with Gasteiger partial charge in [0.15, 0.2) is 0 Å². The highest BCUT2D eigenvalue weighted by atomic mass is 32.2. The molecule has 0 bridgehead atoms. The first kappa shape index (κ1) is 25.2. The van der Waals surface area contributed by atoms with E-state index in [1.54, 1.807) is 31.4 Å². The average molecular weight is 510 g/mol. The number of hydrogen-bond donors (Lipinski definition) is 0. The highest BCUT2D eigenvalue weighted by Crippen LogP contribution is 2.33. The van der Waals surface area contributed by atoms with Gasteiger partial charge in [0.2, 0.25) is 21.7 Å². The topological polar surface area (TPSA) is 85.5 Å². The molecule has 0 radical (unpaired) electrons. The lowest BCUT2D eigenvalue weighted by molar-refractivity contribution is -0.137. The van der Waals surface area contributed by atoms with Crippen LogP contribution in [0.5, 0.6) is 5.75 Å². The van der Waals surface area contributed by atoms with Crippen LogP contribution in [0.25, 0.3) is 11.4 Å². The molecule has 0 atom stereocenters. The number of alkyl halides is 3. The summed E-state index contributed by atoms with van der Waals surface area (Å²) in [6.07, 6.45) is -0.484. The van der Waals surface area contributed by atoms with E-state index in [0.29, 0.717) is 36.0 Å². The number of ether oxygens (including phenoxy) is 1. The van der Waals surface area contributed by atoms with E-state index in [9.17, 15) is 21.6 Å². The minimum absolute atomic E-state index is 0.0169. The molecule has 1 aromatic heterocycles. The van der Waals surface area contributed by atoms with Crippen molar-refractivity contribution in [1.82, 2.24) is 14.4 Å². The van der Waals surface area contributed by atoms with E-state index >= 15 is 0 Å². The van der Waals surface area contributed by atoms with Gasteiger partial charge in [-0.3, -0.25) is 0 Å². The SMILES string of the molecule is COc1cccc(-c2noc(CCN(C3CCCCC3)S(=O)(=O)c3cccc(C(F)(F)F)c3)n2)c1. The molecular weight excluding hydrogens is 483 g/mol. The Morgan fingerprint density at radius 1 is 1.09 bits per heavy atom. The number of nitrogens with zero attached hydrogens (tertiary/aromatic N) is 3. The van der Waals surface area contributed by atoms with Crippen molar-refractivity contribution in [3.63, 3.8) is 0 Å². The average Bonchev–Trinajstić information content (AvgIpc) is 3.33. The van der Waals surface area contributed by atoms with E-state index in [0.717, 1.165) is 31.4 Å². The predicted molar refractivity (Wildman–Crippen MR) is 122 cm³/mol. The maximum Gasteiger partial charge on any atom is 0.416 e. The van der Waals surface area contributed by atoms with E-state index < -0.39 is 21.8 Å². The van der Waals surface area contributed by atoms with Crippen molar-refractivity contribution in [2.45, 2.75) is 55.6 Å². The van der Waals surface area contributed by atoms with E-state index in [2.05, 4.69) is 10.1 Å². The summed E-state index contributed by atoms with van der Waals surface area (Å²) < 4.78 is 78.5. The summed E-state index contributed by atoms with van der Waals surface area (Å²) in [7, 11) is -2.63. The van der Waals surface area contributed by atoms with Gasteiger partial charge in [0.05, 0.1) is 17.6 Å². The van der Waals surface area contributed by atoms with Crippen molar-refractivity contribution in [1.29, 1.82) is 0 Å². The summed E-state index contributed by atoms with van der Waals surface area (Å²) in [6, 6.07) is 10.7. The van der Waals surface area contributed by atoms with E-state index in [-0.39, 0.29) is 29.8 Å². The van der Waals surface area contributed by atoms with Gasteiger partial charge in [-0.25, -0.2) is 8.42 Å². The van der Waals surface area contributed by atoms with Crippen LogP contribution in [0.2, 0.25) is 0 Å². The lowest BCUT2D eigenvalue weighted by Crippen LogP contribution is -2.42. The first-order chi connectivity index (χ1) is 16.7. The second-order valence-electron chi connectivity index (χ2n) is 8.43. The fraction of sp³-hybridized carbons (Fsp3) is 0.417. The Kier molecular flexibility index (Phi) is 7.46. The fourth-order valence-corrected chi connectivity index (χ4v) is 6.01. The summed E-state index contributed by atoms with van der Waals surface area (Å²) in [5, 5.41) is 3.98. The molecular formula is C24H26F3N3O4S. The van der Waals surface area contributed by atoms with Crippen LogP contribution in [0.15, 0.2) is 57.9 Å². The molecule has 1 heterocycles. The van der Waals surface area contributed by atoms with Crippen LogP contribution in [0.4, 0.5) is 13.2 Å². The summed E-state index contributed by atoms with van der Waals surface area (Å²) >= 11 is 0. The van der Waals surface area contributed by atoms with Crippen LogP contribution in [-0.4, -0.2) is 42.6 Å². The summed E-state index contributed by atoms with van der Waals surface area (Å²) in [6.45, 7) is 0.0169. The quantitative estimate of drug-likeness (QED) is 0.408. The van der Waals surface area contributed by atoms with E-state index in [1.165, 1.54) is 10.4 Å². The van der Waals surface area contributed by atoms with E-state index in [1.807, 2.05) is 0 Å². The Balaban J connectivity index is 1.58. The number of halogens is 3. The molecule has 1 aliphatic rings. The van der Waals surface area contributed by atoms with Crippen LogP contribution in [0, 0.1) is 0 Å². The molecule has 0 spiro atoms. The lowest BCUT2D eigenvalue weighted by atomic mass is 9.95. The third kappa shape index (κ3) is 5.84. The normalized spacial score (nSPS) is 15.5. The number of sulfonamides is 1. The van der Waals surface area contributed by atoms with Gasteiger partial charge in [-0.2, -0.15) is 22.5 Å². The van der Waals surface area contributed by atoms with Crippen molar-refractivity contribution in [2.75, 3.05) is 13.7 Å².